The van der Waals surface area contributed by atoms with Crippen LogP contribution in [0, 0.1) is 0 Å². The average Bonchev–Trinajstić information content (AvgIpc) is 3.32. The Labute approximate surface area is 238 Å². The van der Waals surface area contributed by atoms with Crippen LogP contribution in [0.15, 0.2) is 84.0 Å². The highest BCUT2D eigenvalue weighted by Crippen LogP contribution is 2.44. The van der Waals surface area contributed by atoms with E-state index < -0.39 is 30.1 Å². The van der Waals surface area contributed by atoms with Crippen molar-refractivity contribution in [1.82, 2.24) is 10.6 Å². The number of nitrogens with zero attached hydrogens (tertiary/aromatic N) is 3. The van der Waals surface area contributed by atoms with Gasteiger partial charge in [-0.3, -0.25) is 4.79 Å². The molecule has 0 spiro atoms. The second-order valence-electron chi connectivity index (χ2n) is 9.74. The fourth-order valence-electron chi connectivity index (χ4n) is 5.06. The Morgan fingerprint density at radius 3 is 2.20 bits per heavy atom. The second-order valence-corrected chi connectivity index (χ2v) is 9.74. The van der Waals surface area contributed by atoms with E-state index >= 15 is 0 Å². The molecule has 0 fully saturated rings. The molecule has 0 unspecified atom stereocenters. The molecular formula is C31H33N5O5. The number of fused-ring (bicyclic) bond motifs is 3. The lowest BCUT2D eigenvalue weighted by Crippen LogP contribution is -2.46. The maximum atomic E-state index is 12.8. The highest BCUT2D eigenvalue weighted by molar-refractivity contribution is 5.87. The van der Waals surface area contributed by atoms with Crippen molar-refractivity contribution in [2.75, 3.05) is 20.3 Å². The molecule has 2 amide bonds. The number of hydrogen-bond donors (Lipinski definition) is 2. The van der Waals surface area contributed by atoms with Gasteiger partial charge in [0.2, 0.25) is 5.91 Å². The molecule has 0 bridgehead atoms. The van der Waals surface area contributed by atoms with Crippen LogP contribution in [-0.4, -0.2) is 50.3 Å². The molecule has 1 aliphatic rings. The fraction of sp³-hybridized carbons (Fsp3) is 0.323. The zero-order valence-electron chi connectivity index (χ0n) is 22.9. The van der Waals surface area contributed by atoms with Crippen LogP contribution in [0.4, 0.5) is 4.79 Å². The highest BCUT2D eigenvalue weighted by atomic mass is 16.5. The van der Waals surface area contributed by atoms with Crippen LogP contribution in [-0.2, 0) is 25.5 Å². The Morgan fingerprint density at radius 1 is 0.927 bits per heavy atom. The molecule has 212 valence electrons. The van der Waals surface area contributed by atoms with Gasteiger partial charge >= 0.3 is 12.1 Å². The van der Waals surface area contributed by atoms with Crippen molar-refractivity contribution < 1.29 is 23.9 Å². The SMILES string of the molecule is COC(=O)[C@H](Cc1ccccc1)NC(=O)[C@H](CCCCNC(=O)OCC1c2ccccc2-c2ccccc21)N=[N+]=[N-]. The zero-order chi connectivity index (χ0) is 29.0. The first-order chi connectivity index (χ1) is 20.0. The van der Waals surface area contributed by atoms with E-state index in [1.165, 1.54) is 7.11 Å². The standard InChI is InChI=1S/C31H33N5O5/c1-40-30(38)28(19-21-11-3-2-4-12-21)34-29(37)27(35-36-32)17-9-10-18-33-31(39)41-20-26-24-15-7-5-13-22(24)23-14-6-8-16-25(23)26/h2-8,11-16,26-28H,9-10,17-20H2,1H3,(H,33,39)(H,34,37)/t27-,28-/m0/s1. The quantitative estimate of drug-likeness (QED) is 0.0971. The van der Waals surface area contributed by atoms with Crippen molar-refractivity contribution in [3.05, 3.63) is 106 Å². The van der Waals surface area contributed by atoms with Gasteiger partial charge in [0.1, 0.15) is 18.7 Å². The summed E-state index contributed by atoms with van der Waals surface area (Å²) in [5.41, 5.74) is 14.4. The van der Waals surface area contributed by atoms with Gasteiger partial charge in [0.15, 0.2) is 0 Å². The van der Waals surface area contributed by atoms with Crippen molar-refractivity contribution in [2.24, 2.45) is 5.11 Å². The molecule has 3 aromatic carbocycles. The number of esters is 1. The number of ether oxygens (including phenoxy) is 2. The van der Waals surface area contributed by atoms with E-state index in [1.807, 2.05) is 54.6 Å². The average molecular weight is 556 g/mol. The van der Waals surface area contributed by atoms with Crippen molar-refractivity contribution in [1.29, 1.82) is 0 Å². The van der Waals surface area contributed by atoms with Gasteiger partial charge in [-0.05, 0) is 46.2 Å². The molecule has 0 aromatic heterocycles. The van der Waals surface area contributed by atoms with Crippen LogP contribution in [0.2, 0.25) is 0 Å². The Bertz CT molecular complexity index is 1360. The minimum atomic E-state index is -1.00. The summed E-state index contributed by atoms with van der Waals surface area (Å²) in [5.74, 6) is -1.17. The predicted octanol–water partition coefficient (Wildman–Crippen LogP) is 5.27. The topological polar surface area (TPSA) is 142 Å². The van der Waals surface area contributed by atoms with Crippen LogP contribution in [0.1, 0.15) is 41.9 Å². The van der Waals surface area contributed by atoms with Crippen LogP contribution >= 0.6 is 0 Å². The normalized spacial score (nSPS) is 13.1. The van der Waals surface area contributed by atoms with Crippen molar-refractivity contribution in [3.63, 3.8) is 0 Å². The number of unbranched alkanes of at least 4 members (excludes halogenated alkanes) is 1. The number of benzene rings is 3. The molecule has 0 aliphatic heterocycles. The lowest BCUT2D eigenvalue weighted by atomic mass is 9.98. The van der Waals surface area contributed by atoms with Crippen LogP contribution in [0.5, 0.6) is 0 Å². The Kier molecular flexibility index (Phi) is 10.3. The fourth-order valence-corrected chi connectivity index (χ4v) is 5.06. The third-order valence-corrected chi connectivity index (χ3v) is 7.10. The first kappa shape index (κ1) is 29.2. The first-order valence-electron chi connectivity index (χ1n) is 13.6. The molecule has 4 rings (SSSR count). The molecule has 0 saturated carbocycles. The summed E-state index contributed by atoms with van der Waals surface area (Å²) in [5, 5.41) is 9.01. The number of rotatable bonds is 13. The number of carbonyl (C=O) groups is 3. The van der Waals surface area contributed by atoms with E-state index in [0.29, 0.717) is 19.4 Å². The monoisotopic (exact) mass is 555 g/mol. The number of amides is 2. The van der Waals surface area contributed by atoms with Gasteiger partial charge in [-0.15, -0.1) is 0 Å². The van der Waals surface area contributed by atoms with Gasteiger partial charge < -0.3 is 20.1 Å². The first-order valence-corrected chi connectivity index (χ1v) is 13.6. The second kappa shape index (κ2) is 14.5. The predicted molar refractivity (Wildman–Crippen MR) is 154 cm³/mol. The Hall–Kier alpha value is -4.82. The summed E-state index contributed by atoms with van der Waals surface area (Å²) in [4.78, 5) is 40.3. The number of nitrogens with one attached hydrogen (secondary N) is 2. The van der Waals surface area contributed by atoms with Gasteiger partial charge in [-0.1, -0.05) is 90.4 Å². The van der Waals surface area contributed by atoms with Gasteiger partial charge in [0, 0.05) is 23.8 Å². The van der Waals surface area contributed by atoms with Crippen LogP contribution in [0.25, 0.3) is 21.6 Å². The maximum absolute atomic E-state index is 12.8. The largest absolute Gasteiger partial charge is 0.467 e. The molecule has 0 heterocycles. The molecule has 10 heteroatoms. The minimum Gasteiger partial charge on any atom is -0.467 e. The number of azide groups is 1. The number of hydrogen-bond acceptors (Lipinski definition) is 6. The third kappa shape index (κ3) is 7.64. The number of methoxy groups -OCH3 is 1. The van der Waals surface area contributed by atoms with E-state index in [-0.39, 0.29) is 25.4 Å². The number of alkyl carbamates (subject to hydrolysis) is 1. The summed E-state index contributed by atoms with van der Waals surface area (Å²) >= 11 is 0. The van der Waals surface area contributed by atoms with Crippen molar-refractivity contribution >= 4 is 18.0 Å². The number of carbonyl (C=O) groups excluding carboxylic acids is 3. The molecule has 41 heavy (non-hydrogen) atoms. The lowest BCUT2D eigenvalue weighted by Gasteiger charge is -2.19. The Morgan fingerprint density at radius 2 is 1.56 bits per heavy atom. The van der Waals surface area contributed by atoms with E-state index in [4.69, 9.17) is 15.0 Å². The molecule has 3 aromatic rings. The van der Waals surface area contributed by atoms with E-state index in [9.17, 15) is 14.4 Å². The van der Waals surface area contributed by atoms with Crippen molar-refractivity contribution in [2.45, 2.75) is 43.7 Å². The summed E-state index contributed by atoms with van der Waals surface area (Å²) in [7, 11) is 1.25. The summed E-state index contributed by atoms with van der Waals surface area (Å²) in [6.07, 6.45) is 1.02. The minimum absolute atomic E-state index is 0.0213. The summed E-state index contributed by atoms with van der Waals surface area (Å²) in [6, 6.07) is 23.6. The molecular weight excluding hydrogens is 522 g/mol. The van der Waals surface area contributed by atoms with Crippen LogP contribution < -0.4 is 10.6 Å². The van der Waals surface area contributed by atoms with E-state index in [0.717, 1.165) is 27.8 Å². The summed E-state index contributed by atoms with van der Waals surface area (Å²) < 4.78 is 10.4. The molecule has 0 saturated heterocycles. The van der Waals surface area contributed by atoms with Gasteiger partial charge in [0.25, 0.3) is 0 Å². The Balaban J connectivity index is 1.21. The van der Waals surface area contributed by atoms with Gasteiger partial charge in [-0.2, -0.15) is 0 Å². The zero-order valence-corrected chi connectivity index (χ0v) is 22.9. The van der Waals surface area contributed by atoms with Crippen molar-refractivity contribution in [3.8, 4) is 11.1 Å². The highest BCUT2D eigenvalue weighted by Gasteiger charge is 2.29. The molecule has 0 radical (unpaired) electrons. The molecule has 1 aliphatic carbocycles. The van der Waals surface area contributed by atoms with Gasteiger partial charge in [-0.25, -0.2) is 9.59 Å². The maximum Gasteiger partial charge on any atom is 0.407 e. The van der Waals surface area contributed by atoms with E-state index in [1.54, 1.807) is 0 Å². The van der Waals surface area contributed by atoms with E-state index in [2.05, 4.69) is 44.9 Å². The molecule has 2 N–H and O–H groups in total. The third-order valence-electron chi connectivity index (χ3n) is 7.10. The van der Waals surface area contributed by atoms with Crippen LogP contribution in [0.3, 0.4) is 0 Å². The molecule has 10 nitrogen and oxygen atoms in total. The molecule has 2 atom stereocenters. The smallest absolute Gasteiger partial charge is 0.407 e. The lowest BCUT2D eigenvalue weighted by molar-refractivity contribution is -0.145. The van der Waals surface area contributed by atoms with Gasteiger partial charge in [0.05, 0.1) is 7.11 Å². The summed E-state index contributed by atoms with van der Waals surface area (Å²) in [6.45, 7) is 0.559.